The van der Waals surface area contributed by atoms with Crippen LogP contribution in [0, 0.1) is 5.92 Å². The molecule has 0 aromatic carbocycles. The minimum Gasteiger partial charge on any atom is -0.462 e. The van der Waals surface area contributed by atoms with Crippen molar-refractivity contribution in [2.45, 2.75) is 24.7 Å². The summed E-state index contributed by atoms with van der Waals surface area (Å²) < 4.78 is 5.22. The molecule has 2 aromatic rings. The van der Waals surface area contributed by atoms with Crippen molar-refractivity contribution in [3.8, 4) is 10.8 Å². The summed E-state index contributed by atoms with van der Waals surface area (Å²) in [6, 6.07) is 2.90. The van der Waals surface area contributed by atoms with Gasteiger partial charge in [0, 0.05) is 12.5 Å². The zero-order valence-corrected chi connectivity index (χ0v) is 12.4. The van der Waals surface area contributed by atoms with E-state index in [1.807, 2.05) is 0 Å². The second-order valence-electron chi connectivity index (χ2n) is 5.25. The van der Waals surface area contributed by atoms with Gasteiger partial charge in [-0.1, -0.05) is 0 Å². The van der Waals surface area contributed by atoms with Crippen LogP contribution < -0.4 is 5.32 Å². The van der Waals surface area contributed by atoms with Gasteiger partial charge in [-0.2, -0.15) is 0 Å². The Morgan fingerprint density at radius 3 is 2.91 bits per heavy atom. The van der Waals surface area contributed by atoms with E-state index < -0.39 is 24.2 Å². The summed E-state index contributed by atoms with van der Waals surface area (Å²) in [6.07, 6.45) is 1.18. The lowest BCUT2D eigenvalue weighted by Gasteiger charge is -2.17. The molecule has 1 fully saturated rings. The second-order valence-corrected chi connectivity index (χ2v) is 6.28. The zero-order valence-electron chi connectivity index (χ0n) is 11.5. The van der Waals surface area contributed by atoms with Gasteiger partial charge < -0.3 is 25.1 Å². The van der Waals surface area contributed by atoms with Gasteiger partial charge >= 0.3 is 0 Å². The first kappa shape index (κ1) is 15.2. The molecule has 4 N–H and O–H groups in total. The van der Waals surface area contributed by atoms with Crippen molar-refractivity contribution >= 4 is 17.2 Å². The highest BCUT2D eigenvalue weighted by molar-refractivity contribution is 7.16. The summed E-state index contributed by atoms with van der Waals surface area (Å²) in [5, 5.41) is 32.1. The Labute approximate surface area is 130 Å². The van der Waals surface area contributed by atoms with Crippen LogP contribution in [0.1, 0.15) is 16.1 Å². The number of thiazole rings is 1. The number of carbonyl (C=O) groups excluding carboxylic acids is 1. The van der Waals surface area contributed by atoms with Crippen molar-refractivity contribution in [3.05, 3.63) is 29.5 Å². The number of amides is 1. The van der Waals surface area contributed by atoms with Gasteiger partial charge in [0.1, 0.15) is 11.0 Å². The highest BCUT2D eigenvalue weighted by Crippen LogP contribution is 2.28. The SMILES string of the molecule is O=C(N[C@H]1C[C@@H](CO)[C@H](O)[C@@H]1O)c1cnc(-c2ccco2)s1. The van der Waals surface area contributed by atoms with Crippen LogP contribution in [0.5, 0.6) is 0 Å². The summed E-state index contributed by atoms with van der Waals surface area (Å²) in [6.45, 7) is -0.228. The number of nitrogens with zero attached hydrogens (tertiary/aromatic N) is 1. The van der Waals surface area contributed by atoms with Crippen LogP contribution in [0.3, 0.4) is 0 Å². The van der Waals surface area contributed by atoms with Crippen LogP contribution in [-0.4, -0.2) is 51.1 Å². The van der Waals surface area contributed by atoms with E-state index in [2.05, 4.69) is 10.3 Å². The summed E-state index contributed by atoms with van der Waals surface area (Å²) in [5.74, 6) is -0.216. The second kappa shape index (κ2) is 6.17. The van der Waals surface area contributed by atoms with Gasteiger partial charge in [-0.15, -0.1) is 11.3 Å². The Kier molecular flexibility index (Phi) is 4.25. The van der Waals surface area contributed by atoms with Crippen molar-refractivity contribution in [2.24, 2.45) is 5.92 Å². The van der Waals surface area contributed by atoms with Gasteiger partial charge in [-0.05, 0) is 18.6 Å². The van der Waals surface area contributed by atoms with E-state index in [4.69, 9.17) is 9.52 Å². The maximum absolute atomic E-state index is 12.2. The maximum atomic E-state index is 12.2. The molecule has 2 heterocycles. The van der Waals surface area contributed by atoms with Crippen molar-refractivity contribution in [1.29, 1.82) is 0 Å². The van der Waals surface area contributed by atoms with Crippen LogP contribution in [-0.2, 0) is 0 Å². The van der Waals surface area contributed by atoms with E-state index in [9.17, 15) is 15.0 Å². The Morgan fingerprint density at radius 2 is 2.27 bits per heavy atom. The van der Waals surface area contributed by atoms with E-state index in [0.717, 1.165) is 0 Å². The lowest BCUT2D eigenvalue weighted by atomic mass is 10.1. The molecule has 118 valence electrons. The van der Waals surface area contributed by atoms with Gasteiger partial charge in [0.15, 0.2) is 10.8 Å². The van der Waals surface area contributed by atoms with Gasteiger partial charge in [0.25, 0.3) is 5.91 Å². The molecule has 7 nitrogen and oxygen atoms in total. The van der Waals surface area contributed by atoms with E-state index in [1.165, 1.54) is 23.8 Å². The molecule has 0 spiro atoms. The molecule has 0 radical (unpaired) electrons. The van der Waals surface area contributed by atoms with Crippen LogP contribution in [0.4, 0.5) is 0 Å². The summed E-state index contributed by atoms with van der Waals surface area (Å²) >= 11 is 1.18. The maximum Gasteiger partial charge on any atom is 0.263 e. The van der Waals surface area contributed by atoms with Crippen molar-refractivity contribution < 1.29 is 24.5 Å². The molecule has 1 aliphatic carbocycles. The van der Waals surface area contributed by atoms with Crippen LogP contribution in [0.2, 0.25) is 0 Å². The molecule has 2 aromatic heterocycles. The fourth-order valence-corrected chi connectivity index (χ4v) is 3.37. The van der Waals surface area contributed by atoms with Crippen molar-refractivity contribution in [3.63, 3.8) is 0 Å². The molecular formula is C14H16N2O5S. The normalized spacial score (nSPS) is 28.0. The van der Waals surface area contributed by atoms with Crippen molar-refractivity contribution in [1.82, 2.24) is 10.3 Å². The number of aliphatic hydroxyl groups is 3. The third-order valence-electron chi connectivity index (χ3n) is 3.81. The van der Waals surface area contributed by atoms with Crippen LogP contribution in [0.15, 0.2) is 29.0 Å². The Bertz CT molecular complexity index is 641. The topological polar surface area (TPSA) is 116 Å². The molecule has 22 heavy (non-hydrogen) atoms. The molecule has 1 aliphatic rings. The third kappa shape index (κ3) is 2.78. The quantitative estimate of drug-likeness (QED) is 0.640. The third-order valence-corrected chi connectivity index (χ3v) is 4.82. The van der Waals surface area contributed by atoms with Gasteiger partial charge in [0.2, 0.25) is 0 Å². The highest BCUT2D eigenvalue weighted by atomic mass is 32.1. The molecule has 0 unspecified atom stereocenters. The van der Waals surface area contributed by atoms with E-state index in [1.54, 1.807) is 12.1 Å². The predicted octanol–water partition coefficient (Wildman–Crippen LogP) is 0.236. The smallest absolute Gasteiger partial charge is 0.263 e. The zero-order chi connectivity index (χ0) is 15.7. The molecule has 1 amide bonds. The number of hydrogen-bond donors (Lipinski definition) is 4. The first-order chi connectivity index (χ1) is 10.6. The molecule has 0 bridgehead atoms. The Hall–Kier alpha value is -1.74. The van der Waals surface area contributed by atoms with Gasteiger partial charge in [0.05, 0.1) is 24.6 Å². The highest BCUT2D eigenvalue weighted by Gasteiger charge is 2.41. The Morgan fingerprint density at radius 1 is 1.45 bits per heavy atom. The minimum absolute atomic E-state index is 0.228. The number of nitrogens with one attached hydrogen (secondary N) is 1. The number of carbonyl (C=O) groups is 1. The standard InChI is InChI=1S/C14H16N2O5S/c17-6-7-4-8(12(19)11(7)18)16-13(20)10-5-15-14(22-10)9-2-1-3-21-9/h1-3,5,7-8,11-12,17-19H,4,6H2,(H,16,20)/t7-,8-,11-,12+/m0/s1. The van der Waals surface area contributed by atoms with Crippen LogP contribution in [0.25, 0.3) is 10.8 Å². The molecule has 0 saturated heterocycles. The predicted molar refractivity (Wildman–Crippen MR) is 78.3 cm³/mol. The fraction of sp³-hybridized carbons (Fsp3) is 0.429. The summed E-state index contributed by atoms with van der Waals surface area (Å²) in [5.41, 5.74) is 0. The number of furan rings is 1. The molecule has 4 atom stereocenters. The fourth-order valence-electron chi connectivity index (χ4n) is 2.58. The van der Waals surface area contributed by atoms with Gasteiger partial charge in [-0.25, -0.2) is 4.98 Å². The largest absolute Gasteiger partial charge is 0.462 e. The lowest BCUT2D eigenvalue weighted by molar-refractivity contribution is 0.000151. The monoisotopic (exact) mass is 324 g/mol. The number of aliphatic hydroxyl groups excluding tert-OH is 3. The van der Waals surface area contributed by atoms with E-state index >= 15 is 0 Å². The average molecular weight is 324 g/mol. The van der Waals surface area contributed by atoms with E-state index in [-0.39, 0.29) is 12.5 Å². The summed E-state index contributed by atoms with van der Waals surface area (Å²) in [7, 11) is 0. The average Bonchev–Trinajstić information content (AvgIpc) is 3.23. The summed E-state index contributed by atoms with van der Waals surface area (Å²) in [4.78, 5) is 16.7. The molecule has 3 rings (SSSR count). The number of hydrogen-bond acceptors (Lipinski definition) is 7. The lowest BCUT2D eigenvalue weighted by Crippen LogP contribution is -2.42. The number of aromatic nitrogens is 1. The molecular weight excluding hydrogens is 308 g/mol. The molecule has 1 saturated carbocycles. The minimum atomic E-state index is -1.08. The van der Waals surface area contributed by atoms with Crippen molar-refractivity contribution in [2.75, 3.05) is 6.61 Å². The van der Waals surface area contributed by atoms with Gasteiger partial charge in [-0.3, -0.25) is 4.79 Å². The first-order valence-electron chi connectivity index (χ1n) is 6.87. The van der Waals surface area contributed by atoms with Crippen LogP contribution >= 0.6 is 11.3 Å². The van der Waals surface area contributed by atoms with E-state index in [0.29, 0.717) is 22.1 Å². The Balaban J connectivity index is 1.68. The molecule has 8 heteroatoms. The molecule has 0 aliphatic heterocycles. The first-order valence-corrected chi connectivity index (χ1v) is 7.69. The number of rotatable bonds is 4.